The topological polar surface area (TPSA) is 87.7 Å². The first-order valence-corrected chi connectivity index (χ1v) is 20.0. The minimum Gasteiger partial charge on any atom is -0.426 e. The normalized spacial score (nSPS) is 14.1. The largest absolute Gasteiger partial charge is 0.426 e. The van der Waals surface area contributed by atoms with Crippen molar-refractivity contribution in [3.05, 3.63) is 51.7 Å². The van der Waals surface area contributed by atoms with Gasteiger partial charge in [-0.15, -0.1) is 11.3 Å². The average Bonchev–Trinajstić information content (AvgIpc) is 3.61. The predicted octanol–water partition coefficient (Wildman–Crippen LogP) is 8.57. The van der Waals surface area contributed by atoms with Crippen molar-refractivity contribution in [1.82, 2.24) is 15.5 Å². The fourth-order valence-corrected chi connectivity index (χ4v) is 7.40. The summed E-state index contributed by atoms with van der Waals surface area (Å²) < 4.78 is 5.81. The fraction of sp³-hybridized carbons (Fsp3) is 0.675. The maximum Gasteiger partial charge on any atom is 0.312 e. The maximum absolute atomic E-state index is 12.7. The van der Waals surface area contributed by atoms with Crippen LogP contribution >= 0.6 is 11.3 Å². The van der Waals surface area contributed by atoms with Crippen molar-refractivity contribution in [1.29, 1.82) is 0 Å². The summed E-state index contributed by atoms with van der Waals surface area (Å²) in [6.45, 7) is 7.74. The Morgan fingerprint density at radius 3 is 2.10 bits per heavy atom. The van der Waals surface area contributed by atoms with Crippen LogP contribution in [0.1, 0.15) is 139 Å². The number of unbranched alkanes of at least 4 members (excludes halogenated alkanes) is 10. The van der Waals surface area contributed by atoms with E-state index in [4.69, 9.17) is 4.74 Å². The van der Waals surface area contributed by atoms with Crippen LogP contribution in [0.4, 0.5) is 0 Å². The Kier molecular flexibility index (Phi) is 20.2. The van der Waals surface area contributed by atoms with Gasteiger partial charge in [0.1, 0.15) is 5.75 Å². The lowest BCUT2D eigenvalue weighted by atomic mass is 9.86. The molecule has 1 aromatic carbocycles. The number of rotatable bonds is 26. The monoisotopic (exact) mass is 681 g/mol. The highest BCUT2D eigenvalue weighted by molar-refractivity contribution is 7.09. The molecule has 2 amide bonds. The predicted molar refractivity (Wildman–Crippen MR) is 199 cm³/mol. The van der Waals surface area contributed by atoms with Crippen LogP contribution in [-0.4, -0.2) is 54.9 Å². The number of thiophene rings is 1. The molecule has 1 aliphatic carbocycles. The Morgan fingerprint density at radius 1 is 0.771 bits per heavy atom. The molecule has 2 aromatic rings. The van der Waals surface area contributed by atoms with Gasteiger partial charge in [-0.05, 0) is 86.6 Å². The molecule has 0 saturated heterocycles. The highest BCUT2D eigenvalue weighted by atomic mass is 32.1. The SMILES string of the molecule is CCCCCNC(=O)CCCCCCCCCCCC(=O)NCCC(=O)Oc1cccc2c1CCC(N(CCC)CCc1cccs1)C2. The molecular formula is C40H63N3O4S. The summed E-state index contributed by atoms with van der Waals surface area (Å²) in [5, 5.41) is 8.06. The number of nitrogens with zero attached hydrogens (tertiary/aromatic N) is 1. The zero-order chi connectivity index (χ0) is 34.2. The maximum atomic E-state index is 12.7. The molecule has 1 aliphatic rings. The smallest absolute Gasteiger partial charge is 0.312 e. The van der Waals surface area contributed by atoms with Gasteiger partial charge in [0.2, 0.25) is 11.8 Å². The minimum atomic E-state index is -0.292. The van der Waals surface area contributed by atoms with E-state index in [9.17, 15) is 14.4 Å². The van der Waals surface area contributed by atoms with Crippen molar-refractivity contribution in [2.45, 2.75) is 148 Å². The number of nitrogens with one attached hydrogen (secondary N) is 2. The third-order valence-corrected chi connectivity index (χ3v) is 10.4. The molecule has 7 nitrogen and oxygen atoms in total. The van der Waals surface area contributed by atoms with Gasteiger partial charge >= 0.3 is 5.97 Å². The quantitative estimate of drug-likeness (QED) is 0.0590. The minimum absolute atomic E-state index is 0.0102. The average molecular weight is 682 g/mol. The van der Waals surface area contributed by atoms with Crippen molar-refractivity contribution >= 4 is 29.1 Å². The first kappa shape index (κ1) is 39.7. The van der Waals surface area contributed by atoms with Gasteiger partial charge in [0, 0.05) is 43.4 Å². The summed E-state index contributed by atoms with van der Waals surface area (Å²) in [4.78, 5) is 40.9. The fourth-order valence-electron chi connectivity index (χ4n) is 6.70. The molecule has 48 heavy (non-hydrogen) atoms. The van der Waals surface area contributed by atoms with E-state index < -0.39 is 0 Å². The van der Waals surface area contributed by atoms with E-state index in [1.54, 1.807) is 0 Å². The zero-order valence-electron chi connectivity index (χ0n) is 30.0. The van der Waals surface area contributed by atoms with Crippen molar-refractivity contribution in [3.63, 3.8) is 0 Å². The van der Waals surface area contributed by atoms with Crippen LogP contribution in [0.2, 0.25) is 0 Å². The van der Waals surface area contributed by atoms with E-state index in [1.807, 2.05) is 23.5 Å². The van der Waals surface area contributed by atoms with Gasteiger partial charge in [-0.25, -0.2) is 0 Å². The lowest BCUT2D eigenvalue weighted by Gasteiger charge is -2.35. The second-order valence-electron chi connectivity index (χ2n) is 13.5. The number of benzene rings is 1. The molecular weight excluding hydrogens is 619 g/mol. The first-order valence-electron chi connectivity index (χ1n) is 19.1. The van der Waals surface area contributed by atoms with E-state index >= 15 is 0 Å². The van der Waals surface area contributed by atoms with Crippen molar-refractivity contribution in [2.75, 3.05) is 26.2 Å². The van der Waals surface area contributed by atoms with E-state index in [2.05, 4.69) is 53.0 Å². The molecule has 0 aliphatic heterocycles. The Hall–Kier alpha value is -2.71. The van der Waals surface area contributed by atoms with Gasteiger partial charge in [-0.2, -0.15) is 0 Å². The van der Waals surface area contributed by atoms with Crippen LogP contribution in [-0.2, 0) is 33.6 Å². The molecule has 1 heterocycles. The van der Waals surface area contributed by atoms with E-state index in [0.717, 1.165) is 90.3 Å². The van der Waals surface area contributed by atoms with Gasteiger partial charge in [-0.1, -0.05) is 89.8 Å². The Bertz CT molecular complexity index is 1190. The summed E-state index contributed by atoms with van der Waals surface area (Å²) in [7, 11) is 0. The number of hydrogen-bond acceptors (Lipinski definition) is 6. The summed E-state index contributed by atoms with van der Waals surface area (Å²) in [6.07, 6.45) is 20.0. The molecule has 0 bridgehead atoms. The van der Waals surface area contributed by atoms with Crippen LogP contribution in [0, 0.1) is 0 Å². The molecule has 8 heteroatoms. The van der Waals surface area contributed by atoms with E-state index in [-0.39, 0.29) is 24.2 Å². The summed E-state index contributed by atoms with van der Waals surface area (Å²) >= 11 is 1.84. The highest BCUT2D eigenvalue weighted by Crippen LogP contribution is 2.32. The molecule has 1 unspecified atom stereocenters. The standard InChI is InChI=1S/C40H63N3O4S/c1-3-5-15-27-41-38(44)21-13-11-9-7-6-8-10-12-14-22-39(45)42-28-25-40(46)47-37-20-16-18-33-32-34(23-24-36(33)37)43(29-4-2)30-26-35-19-17-31-48-35/h16-20,31,34H,3-15,21-30,32H2,1-2H3,(H,41,44)(H,42,45). The van der Waals surface area contributed by atoms with Gasteiger partial charge in [0.25, 0.3) is 0 Å². The van der Waals surface area contributed by atoms with Gasteiger partial charge in [0.05, 0.1) is 6.42 Å². The van der Waals surface area contributed by atoms with Gasteiger partial charge in [0.15, 0.2) is 0 Å². The highest BCUT2D eigenvalue weighted by Gasteiger charge is 2.26. The van der Waals surface area contributed by atoms with Crippen molar-refractivity contribution < 1.29 is 19.1 Å². The van der Waals surface area contributed by atoms with Crippen LogP contribution in [0.15, 0.2) is 35.7 Å². The second-order valence-corrected chi connectivity index (χ2v) is 14.5. The van der Waals surface area contributed by atoms with Crippen LogP contribution < -0.4 is 15.4 Å². The molecule has 0 spiro atoms. The van der Waals surface area contributed by atoms with Crippen molar-refractivity contribution in [3.8, 4) is 5.75 Å². The summed E-state index contributed by atoms with van der Waals surface area (Å²) in [5.41, 5.74) is 2.45. The second kappa shape index (κ2) is 24.4. The molecule has 0 fully saturated rings. The number of carbonyl (C=O) groups excluding carboxylic acids is 3. The Morgan fingerprint density at radius 2 is 1.46 bits per heavy atom. The molecule has 0 saturated carbocycles. The number of amides is 2. The third kappa shape index (κ3) is 16.1. The number of esters is 1. The molecule has 2 N–H and O–H groups in total. The molecule has 1 aromatic heterocycles. The van der Waals surface area contributed by atoms with Crippen LogP contribution in [0.25, 0.3) is 0 Å². The lowest BCUT2D eigenvalue weighted by molar-refractivity contribution is -0.134. The van der Waals surface area contributed by atoms with E-state index in [0.29, 0.717) is 31.2 Å². The summed E-state index contributed by atoms with van der Waals surface area (Å²) in [6, 6.07) is 11.0. The summed E-state index contributed by atoms with van der Waals surface area (Å²) in [5.74, 6) is 0.601. The van der Waals surface area contributed by atoms with Crippen LogP contribution in [0.5, 0.6) is 5.75 Å². The number of carbonyl (C=O) groups is 3. The first-order chi connectivity index (χ1) is 23.5. The van der Waals surface area contributed by atoms with E-state index in [1.165, 1.54) is 54.5 Å². The van der Waals surface area contributed by atoms with Gasteiger partial charge < -0.3 is 15.4 Å². The number of ether oxygens (including phenoxy) is 1. The third-order valence-electron chi connectivity index (χ3n) is 9.45. The molecule has 0 radical (unpaired) electrons. The number of fused-ring (bicyclic) bond motifs is 1. The Labute approximate surface area is 295 Å². The van der Waals surface area contributed by atoms with Crippen molar-refractivity contribution in [2.24, 2.45) is 0 Å². The molecule has 268 valence electrons. The van der Waals surface area contributed by atoms with Crippen LogP contribution in [0.3, 0.4) is 0 Å². The molecule has 1 atom stereocenters. The lowest BCUT2D eigenvalue weighted by Crippen LogP contribution is -2.41. The number of hydrogen-bond donors (Lipinski definition) is 2. The zero-order valence-corrected chi connectivity index (χ0v) is 30.8. The Balaban J connectivity index is 1.21. The van der Waals surface area contributed by atoms with Gasteiger partial charge in [-0.3, -0.25) is 19.3 Å². The molecule has 3 rings (SSSR count).